The van der Waals surface area contributed by atoms with E-state index >= 15 is 0 Å². The Kier molecular flexibility index (Phi) is 6.33. The lowest BCUT2D eigenvalue weighted by atomic mass is 10.0. The van der Waals surface area contributed by atoms with Crippen LogP contribution >= 0.6 is 23.2 Å². The number of benzene rings is 2. The number of nitrogens with two attached hydrogens (primary N) is 1. The molecule has 128 valence electrons. The zero-order valence-electron chi connectivity index (χ0n) is 13.1. The highest BCUT2D eigenvalue weighted by Crippen LogP contribution is 2.33. The number of carbonyl (C=O) groups is 1. The summed E-state index contributed by atoms with van der Waals surface area (Å²) in [6, 6.07) is 11.3. The maximum absolute atomic E-state index is 9.53. The SMILES string of the molecule is C=CCC(=O)O.Nc1ncnc2cccc(-c3ccc(Cl)c(Cl)c3)c12. The molecule has 7 heteroatoms. The average Bonchev–Trinajstić information content (AvgIpc) is 2.58. The van der Waals surface area contributed by atoms with Crippen LogP contribution in [0.4, 0.5) is 5.82 Å². The summed E-state index contributed by atoms with van der Waals surface area (Å²) in [6.45, 7) is 3.22. The molecule has 0 bridgehead atoms. The number of nitrogen functional groups attached to an aromatic ring is 1. The Bertz CT molecular complexity index is 924. The first-order valence-corrected chi connectivity index (χ1v) is 7.97. The molecule has 5 nitrogen and oxygen atoms in total. The monoisotopic (exact) mass is 375 g/mol. The van der Waals surface area contributed by atoms with Gasteiger partial charge in [-0.15, -0.1) is 6.58 Å². The fourth-order valence-electron chi connectivity index (χ4n) is 2.16. The van der Waals surface area contributed by atoms with E-state index in [1.54, 1.807) is 6.07 Å². The van der Waals surface area contributed by atoms with E-state index in [1.807, 2.05) is 30.3 Å². The summed E-state index contributed by atoms with van der Waals surface area (Å²) < 4.78 is 0. The van der Waals surface area contributed by atoms with E-state index in [9.17, 15) is 4.79 Å². The van der Waals surface area contributed by atoms with Gasteiger partial charge < -0.3 is 10.8 Å². The Morgan fingerprint density at radius 3 is 2.56 bits per heavy atom. The second kappa shape index (κ2) is 8.46. The first-order chi connectivity index (χ1) is 11.9. The van der Waals surface area contributed by atoms with Gasteiger partial charge in [-0.1, -0.05) is 47.5 Å². The van der Waals surface area contributed by atoms with Crippen LogP contribution in [0.15, 0.2) is 55.4 Å². The molecule has 0 spiro atoms. The summed E-state index contributed by atoms with van der Waals surface area (Å²) in [6.07, 6.45) is 2.86. The van der Waals surface area contributed by atoms with Gasteiger partial charge in [0.2, 0.25) is 0 Å². The second-order valence-electron chi connectivity index (χ2n) is 4.97. The number of carboxylic acid groups (broad SMARTS) is 1. The van der Waals surface area contributed by atoms with Gasteiger partial charge in [-0.3, -0.25) is 4.79 Å². The van der Waals surface area contributed by atoms with Crippen molar-refractivity contribution in [2.24, 2.45) is 0 Å². The van der Waals surface area contributed by atoms with Crippen molar-refractivity contribution in [1.82, 2.24) is 9.97 Å². The molecule has 25 heavy (non-hydrogen) atoms. The highest BCUT2D eigenvalue weighted by atomic mass is 35.5. The van der Waals surface area contributed by atoms with Crippen molar-refractivity contribution < 1.29 is 9.90 Å². The molecule has 0 aliphatic heterocycles. The van der Waals surface area contributed by atoms with Crippen LogP contribution in [-0.2, 0) is 4.79 Å². The quantitative estimate of drug-likeness (QED) is 0.639. The van der Waals surface area contributed by atoms with Crippen molar-refractivity contribution in [3.63, 3.8) is 0 Å². The Labute approximate surface area is 154 Å². The molecule has 0 saturated heterocycles. The van der Waals surface area contributed by atoms with Gasteiger partial charge in [-0.25, -0.2) is 9.97 Å². The normalized spacial score (nSPS) is 10.0. The maximum atomic E-state index is 9.53. The first-order valence-electron chi connectivity index (χ1n) is 7.21. The van der Waals surface area contributed by atoms with Gasteiger partial charge in [0.05, 0.1) is 27.4 Å². The molecule has 0 fully saturated rings. The summed E-state index contributed by atoms with van der Waals surface area (Å²) in [5.41, 5.74) is 8.63. The molecule has 1 heterocycles. The van der Waals surface area contributed by atoms with E-state index < -0.39 is 5.97 Å². The number of fused-ring (bicyclic) bond motifs is 1. The van der Waals surface area contributed by atoms with Gasteiger partial charge in [0.25, 0.3) is 0 Å². The number of nitrogens with zero attached hydrogens (tertiary/aromatic N) is 2. The number of halogens is 2. The molecular weight excluding hydrogens is 361 g/mol. The van der Waals surface area contributed by atoms with Gasteiger partial charge in [0, 0.05) is 0 Å². The highest BCUT2D eigenvalue weighted by Gasteiger charge is 2.09. The molecule has 1 aromatic heterocycles. The van der Waals surface area contributed by atoms with E-state index in [1.165, 1.54) is 12.4 Å². The molecule has 3 rings (SSSR count). The number of hydrogen-bond donors (Lipinski definition) is 2. The third kappa shape index (κ3) is 4.68. The van der Waals surface area contributed by atoms with Crippen molar-refractivity contribution in [3.05, 3.63) is 65.4 Å². The number of aromatic nitrogens is 2. The van der Waals surface area contributed by atoms with E-state index in [2.05, 4.69) is 16.5 Å². The minimum absolute atomic E-state index is 0.0556. The number of hydrogen-bond acceptors (Lipinski definition) is 4. The zero-order valence-corrected chi connectivity index (χ0v) is 14.6. The maximum Gasteiger partial charge on any atom is 0.307 e. The van der Waals surface area contributed by atoms with Gasteiger partial charge >= 0.3 is 5.97 Å². The Balaban J connectivity index is 0.000000326. The molecule has 0 amide bonds. The van der Waals surface area contributed by atoms with E-state index in [-0.39, 0.29) is 6.42 Å². The minimum atomic E-state index is -0.829. The molecule has 0 saturated carbocycles. The fraction of sp³-hybridized carbons (Fsp3) is 0.0556. The third-order valence-corrected chi connectivity index (χ3v) is 3.98. The summed E-state index contributed by atoms with van der Waals surface area (Å²) in [5, 5.41) is 9.69. The van der Waals surface area contributed by atoms with E-state index in [0.29, 0.717) is 15.9 Å². The predicted molar refractivity (Wildman–Crippen MR) is 102 cm³/mol. The van der Waals surface area contributed by atoms with Crippen LogP contribution in [0.25, 0.3) is 22.0 Å². The smallest absolute Gasteiger partial charge is 0.307 e. The lowest BCUT2D eigenvalue weighted by molar-refractivity contribution is -0.135. The standard InChI is InChI=1S/C14H9Cl2N3.C4H6O2/c15-10-5-4-8(6-11(10)16)9-2-1-3-12-13(9)14(17)19-7-18-12;1-2-3-4(5)6/h1-7H,(H2,17,18,19);2H,1,3H2,(H,5,6). The number of rotatable bonds is 3. The van der Waals surface area contributed by atoms with Crippen molar-refractivity contribution >= 4 is 45.9 Å². The van der Waals surface area contributed by atoms with Crippen molar-refractivity contribution in [2.45, 2.75) is 6.42 Å². The van der Waals surface area contributed by atoms with E-state index in [0.717, 1.165) is 22.0 Å². The van der Waals surface area contributed by atoms with Gasteiger partial charge in [-0.05, 0) is 29.3 Å². The Morgan fingerprint density at radius 1 is 1.20 bits per heavy atom. The van der Waals surface area contributed by atoms with Gasteiger partial charge in [-0.2, -0.15) is 0 Å². The Morgan fingerprint density at radius 2 is 1.96 bits per heavy atom. The molecule has 0 atom stereocenters. The molecule has 2 aromatic carbocycles. The van der Waals surface area contributed by atoms with Crippen LogP contribution in [0, 0.1) is 0 Å². The topological polar surface area (TPSA) is 89.1 Å². The predicted octanol–water partition coefficient (Wildman–Crippen LogP) is 4.83. The zero-order chi connectivity index (χ0) is 18.4. The second-order valence-corrected chi connectivity index (χ2v) is 5.79. The largest absolute Gasteiger partial charge is 0.481 e. The van der Waals surface area contributed by atoms with Crippen LogP contribution < -0.4 is 5.73 Å². The third-order valence-electron chi connectivity index (χ3n) is 3.24. The van der Waals surface area contributed by atoms with Gasteiger partial charge in [0.1, 0.15) is 12.1 Å². The van der Waals surface area contributed by atoms with Crippen molar-refractivity contribution in [3.8, 4) is 11.1 Å². The summed E-state index contributed by atoms with van der Waals surface area (Å²) in [7, 11) is 0. The van der Waals surface area contributed by atoms with E-state index in [4.69, 9.17) is 34.0 Å². The molecule has 3 N–H and O–H groups in total. The molecule has 0 aliphatic carbocycles. The highest BCUT2D eigenvalue weighted by molar-refractivity contribution is 6.42. The number of aliphatic carboxylic acids is 1. The van der Waals surface area contributed by atoms with Crippen molar-refractivity contribution in [1.29, 1.82) is 0 Å². The van der Waals surface area contributed by atoms with Crippen LogP contribution in [0.2, 0.25) is 10.0 Å². The number of carboxylic acids is 1. The molecular formula is C18H15Cl2N3O2. The van der Waals surface area contributed by atoms with Gasteiger partial charge in [0.15, 0.2) is 0 Å². The fourth-order valence-corrected chi connectivity index (χ4v) is 2.46. The van der Waals surface area contributed by atoms with Crippen LogP contribution in [-0.4, -0.2) is 21.0 Å². The molecule has 0 aliphatic rings. The molecule has 0 unspecified atom stereocenters. The van der Waals surface area contributed by atoms with Crippen LogP contribution in [0.5, 0.6) is 0 Å². The minimum Gasteiger partial charge on any atom is -0.481 e. The van der Waals surface area contributed by atoms with Crippen LogP contribution in [0.3, 0.4) is 0 Å². The van der Waals surface area contributed by atoms with Crippen LogP contribution in [0.1, 0.15) is 6.42 Å². The lowest BCUT2D eigenvalue weighted by Crippen LogP contribution is -1.95. The summed E-state index contributed by atoms with van der Waals surface area (Å²) in [5.74, 6) is -0.378. The Hall–Kier alpha value is -2.63. The lowest BCUT2D eigenvalue weighted by Gasteiger charge is -2.08. The molecule has 3 aromatic rings. The number of anilines is 1. The first kappa shape index (κ1) is 18.7. The molecule has 0 radical (unpaired) electrons. The summed E-state index contributed by atoms with van der Waals surface area (Å²) in [4.78, 5) is 17.8. The summed E-state index contributed by atoms with van der Waals surface area (Å²) >= 11 is 12.0. The van der Waals surface area contributed by atoms with Crippen molar-refractivity contribution in [2.75, 3.05) is 5.73 Å². The average molecular weight is 376 g/mol.